The average Bonchev–Trinajstić information content (AvgIpc) is 3.10. The largest absolute Gasteiger partial charge is 0.493 e. The highest BCUT2D eigenvalue weighted by atomic mass is 16.5. The first-order chi connectivity index (χ1) is 11.5. The van der Waals surface area contributed by atoms with E-state index < -0.39 is 5.60 Å². The van der Waals surface area contributed by atoms with Gasteiger partial charge in [0.15, 0.2) is 11.5 Å². The first-order valence-corrected chi connectivity index (χ1v) is 8.94. The number of methoxy groups -OCH3 is 2. The third kappa shape index (κ3) is 3.53. The molecule has 134 valence electrons. The quantitative estimate of drug-likeness (QED) is 0.894. The fourth-order valence-electron chi connectivity index (χ4n) is 4.11. The van der Waals surface area contributed by atoms with Crippen molar-refractivity contribution in [1.82, 2.24) is 9.80 Å². The summed E-state index contributed by atoms with van der Waals surface area (Å²) in [5, 5.41) is 10.8. The average molecular weight is 334 g/mol. The summed E-state index contributed by atoms with van der Waals surface area (Å²) >= 11 is 0. The molecule has 0 saturated carbocycles. The van der Waals surface area contributed by atoms with E-state index in [2.05, 4.69) is 15.9 Å². The van der Waals surface area contributed by atoms with Crippen LogP contribution in [-0.2, 0) is 6.54 Å². The van der Waals surface area contributed by atoms with Crippen LogP contribution in [0.4, 0.5) is 0 Å². The lowest BCUT2D eigenvalue weighted by molar-refractivity contribution is -0.0777. The number of hydrogen-bond donors (Lipinski definition) is 1. The fraction of sp³-hybridized carbons (Fsp3) is 0.684. The molecule has 2 saturated heterocycles. The van der Waals surface area contributed by atoms with Crippen LogP contribution in [0.1, 0.15) is 31.7 Å². The Balaban J connectivity index is 1.74. The zero-order valence-electron chi connectivity index (χ0n) is 15.1. The number of para-hydroxylation sites is 1. The van der Waals surface area contributed by atoms with E-state index in [4.69, 9.17) is 9.47 Å². The topological polar surface area (TPSA) is 45.2 Å². The Morgan fingerprint density at radius 1 is 1.17 bits per heavy atom. The van der Waals surface area contributed by atoms with Gasteiger partial charge in [-0.2, -0.15) is 0 Å². The summed E-state index contributed by atoms with van der Waals surface area (Å²) in [6.07, 6.45) is 3.30. The molecule has 0 radical (unpaired) electrons. The summed E-state index contributed by atoms with van der Waals surface area (Å²) in [4.78, 5) is 4.90. The molecule has 24 heavy (non-hydrogen) atoms. The minimum atomic E-state index is -0.598. The Hall–Kier alpha value is -1.30. The van der Waals surface area contributed by atoms with Gasteiger partial charge >= 0.3 is 0 Å². The summed E-state index contributed by atoms with van der Waals surface area (Å²) in [6, 6.07) is 6.25. The molecule has 2 unspecified atom stereocenters. The van der Waals surface area contributed by atoms with Crippen LogP contribution in [0.3, 0.4) is 0 Å². The van der Waals surface area contributed by atoms with Crippen molar-refractivity contribution in [1.29, 1.82) is 0 Å². The molecular formula is C19H30N2O3. The predicted octanol–water partition coefficient (Wildman–Crippen LogP) is 2.12. The molecule has 0 aromatic heterocycles. The van der Waals surface area contributed by atoms with E-state index in [1.54, 1.807) is 14.2 Å². The molecule has 0 aliphatic carbocycles. The van der Waals surface area contributed by atoms with Gasteiger partial charge in [0.25, 0.3) is 0 Å². The standard InChI is InChI=1S/C19H30N2O3/c1-19(22)9-12-20(14-17(19)21-10-4-5-11-21)13-15-7-6-8-16(23-2)18(15)24-3/h6-8,17,22H,4-5,9-14H2,1-3H3. The van der Waals surface area contributed by atoms with Crippen molar-refractivity contribution < 1.29 is 14.6 Å². The maximum absolute atomic E-state index is 10.8. The highest BCUT2D eigenvalue weighted by molar-refractivity contribution is 5.46. The molecule has 0 amide bonds. The summed E-state index contributed by atoms with van der Waals surface area (Å²) in [5.74, 6) is 1.59. The second kappa shape index (κ2) is 7.30. The summed E-state index contributed by atoms with van der Waals surface area (Å²) < 4.78 is 11.0. The Bertz CT molecular complexity index is 556. The minimum absolute atomic E-state index is 0.213. The number of aliphatic hydroxyl groups is 1. The van der Waals surface area contributed by atoms with Gasteiger partial charge in [0.1, 0.15) is 0 Å². The molecule has 0 spiro atoms. The van der Waals surface area contributed by atoms with Crippen molar-refractivity contribution in [2.45, 2.75) is 44.4 Å². The molecule has 3 rings (SSSR count). The normalized spacial score (nSPS) is 28.9. The second-order valence-corrected chi connectivity index (χ2v) is 7.25. The molecule has 2 aliphatic heterocycles. The maximum Gasteiger partial charge on any atom is 0.165 e. The molecule has 1 aromatic rings. The highest BCUT2D eigenvalue weighted by Gasteiger charge is 2.41. The van der Waals surface area contributed by atoms with Gasteiger partial charge in [0.2, 0.25) is 0 Å². The summed E-state index contributed by atoms with van der Waals surface area (Å²) in [5.41, 5.74) is 0.540. The number of hydrogen-bond acceptors (Lipinski definition) is 5. The Morgan fingerprint density at radius 3 is 2.58 bits per heavy atom. The third-order valence-electron chi connectivity index (χ3n) is 5.54. The molecule has 2 heterocycles. The number of piperidine rings is 1. The van der Waals surface area contributed by atoms with E-state index in [0.29, 0.717) is 0 Å². The van der Waals surface area contributed by atoms with Crippen molar-refractivity contribution in [2.75, 3.05) is 40.4 Å². The zero-order valence-corrected chi connectivity index (χ0v) is 15.1. The van der Waals surface area contributed by atoms with Crippen molar-refractivity contribution >= 4 is 0 Å². The van der Waals surface area contributed by atoms with Crippen LogP contribution in [0, 0.1) is 0 Å². The lowest BCUT2D eigenvalue weighted by Crippen LogP contribution is -2.60. The Kier molecular flexibility index (Phi) is 5.33. The molecule has 2 atom stereocenters. The van der Waals surface area contributed by atoms with Crippen molar-refractivity contribution in [3.05, 3.63) is 23.8 Å². The fourth-order valence-corrected chi connectivity index (χ4v) is 4.11. The van der Waals surface area contributed by atoms with Crippen LogP contribution in [0.5, 0.6) is 11.5 Å². The lowest BCUT2D eigenvalue weighted by Gasteiger charge is -2.46. The lowest BCUT2D eigenvalue weighted by atomic mass is 9.87. The third-order valence-corrected chi connectivity index (χ3v) is 5.54. The minimum Gasteiger partial charge on any atom is -0.493 e. The van der Waals surface area contributed by atoms with Gasteiger partial charge in [0, 0.05) is 25.2 Å². The van der Waals surface area contributed by atoms with Gasteiger partial charge in [-0.1, -0.05) is 12.1 Å². The van der Waals surface area contributed by atoms with E-state index in [9.17, 15) is 5.11 Å². The SMILES string of the molecule is COc1cccc(CN2CCC(C)(O)C(N3CCCC3)C2)c1OC. The van der Waals surface area contributed by atoms with E-state index >= 15 is 0 Å². The number of rotatable bonds is 5. The smallest absolute Gasteiger partial charge is 0.165 e. The molecule has 1 N–H and O–H groups in total. The van der Waals surface area contributed by atoms with Crippen LogP contribution in [0.25, 0.3) is 0 Å². The second-order valence-electron chi connectivity index (χ2n) is 7.25. The monoisotopic (exact) mass is 334 g/mol. The number of benzene rings is 1. The van der Waals surface area contributed by atoms with Crippen LogP contribution in [0.2, 0.25) is 0 Å². The van der Waals surface area contributed by atoms with Crippen molar-refractivity contribution in [2.24, 2.45) is 0 Å². The van der Waals surface area contributed by atoms with Crippen LogP contribution >= 0.6 is 0 Å². The van der Waals surface area contributed by atoms with Crippen LogP contribution < -0.4 is 9.47 Å². The Labute approximate surface area is 145 Å². The highest BCUT2D eigenvalue weighted by Crippen LogP contribution is 2.34. The van der Waals surface area contributed by atoms with E-state index in [0.717, 1.165) is 56.2 Å². The van der Waals surface area contributed by atoms with Crippen LogP contribution in [0.15, 0.2) is 18.2 Å². The first kappa shape index (κ1) is 17.5. The van der Waals surface area contributed by atoms with Crippen LogP contribution in [-0.4, -0.2) is 66.9 Å². The van der Waals surface area contributed by atoms with Gasteiger partial charge in [-0.25, -0.2) is 0 Å². The van der Waals surface area contributed by atoms with E-state index in [1.165, 1.54) is 12.8 Å². The van der Waals surface area contributed by atoms with Gasteiger partial charge in [-0.05, 0) is 45.3 Å². The van der Waals surface area contributed by atoms with Gasteiger partial charge in [-0.15, -0.1) is 0 Å². The zero-order chi connectivity index (χ0) is 17.2. The molecular weight excluding hydrogens is 304 g/mol. The molecule has 1 aromatic carbocycles. The number of likely N-dealkylation sites (tertiary alicyclic amines) is 2. The van der Waals surface area contributed by atoms with Gasteiger partial charge in [-0.3, -0.25) is 9.80 Å². The first-order valence-electron chi connectivity index (χ1n) is 8.94. The molecule has 5 heteroatoms. The summed E-state index contributed by atoms with van der Waals surface area (Å²) in [6.45, 7) is 6.83. The van der Waals surface area contributed by atoms with Crippen molar-refractivity contribution in [3.63, 3.8) is 0 Å². The Morgan fingerprint density at radius 2 is 1.92 bits per heavy atom. The van der Waals surface area contributed by atoms with E-state index in [1.807, 2.05) is 19.1 Å². The number of nitrogens with zero attached hydrogens (tertiary/aromatic N) is 2. The van der Waals surface area contributed by atoms with E-state index in [-0.39, 0.29) is 6.04 Å². The van der Waals surface area contributed by atoms with Crippen molar-refractivity contribution in [3.8, 4) is 11.5 Å². The van der Waals surface area contributed by atoms with Gasteiger partial charge < -0.3 is 14.6 Å². The maximum atomic E-state index is 10.8. The molecule has 5 nitrogen and oxygen atoms in total. The predicted molar refractivity (Wildman–Crippen MR) is 94.7 cm³/mol. The molecule has 0 bridgehead atoms. The number of ether oxygens (including phenoxy) is 2. The molecule has 2 fully saturated rings. The van der Waals surface area contributed by atoms with Gasteiger partial charge in [0.05, 0.1) is 25.9 Å². The molecule has 2 aliphatic rings. The summed E-state index contributed by atoms with van der Waals surface area (Å²) in [7, 11) is 3.36.